The van der Waals surface area contributed by atoms with Crippen molar-refractivity contribution in [3.63, 3.8) is 0 Å². The van der Waals surface area contributed by atoms with Gasteiger partial charge in [-0.3, -0.25) is 9.59 Å². The van der Waals surface area contributed by atoms with Crippen LogP contribution in [0.15, 0.2) is 34.2 Å². The van der Waals surface area contributed by atoms with Gasteiger partial charge in [-0.25, -0.2) is 9.37 Å². The van der Waals surface area contributed by atoms with E-state index in [0.717, 1.165) is 36.1 Å². The minimum Gasteiger partial charge on any atom is -0.341 e. The van der Waals surface area contributed by atoms with Crippen LogP contribution in [0, 0.1) is 5.82 Å². The number of rotatable bonds is 5. The quantitative estimate of drug-likeness (QED) is 0.507. The number of hydrogen-bond acceptors (Lipinski definition) is 5. The molecule has 0 unspecified atom stereocenters. The number of carbonyl (C=O) groups is 1. The third-order valence-electron chi connectivity index (χ3n) is 4.93. The molecule has 0 atom stereocenters. The molecule has 3 aromatic rings. The molecule has 0 radical (unpaired) electrons. The Morgan fingerprint density at radius 2 is 2.11 bits per heavy atom. The second kappa shape index (κ2) is 8.05. The van der Waals surface area contributed by atoms with Gasteiger partial charge in [-0.15, -0.1) is 11.3 Å². The summed E-state index contributed by atoms with van der Waals surface area (Å²) < 4.78 is 13.8. The van der Waals surface area contributed by atoms with Crippen molar-refractivity contribution < 1.29 is 9.18 Å². The number of carbonyl (C=O) groups excluding carboxylic acids is 1. The van der Waals surface area contributed by atoms with Crippen molar-refractivity contribution in [3.05, 3.63) is 56.4 Å². The maximum absolute atomic E-state index is 13.8. The maximum atomic E-state index is 13.8. The summed E-state index contributed by atoms with van der Waals surface area (Å²) in [6.45, 7) is 0.201. The van der Waals surface area contributed by atoms with E-state index in [2.05, 4.69) is 9.97 Å². The van der Waals surface area contributed by atoms with Crippen molar-refractivity contribution in [2.75, 3.05) is 12.8 Å². The van der Waals surface area contributed by atoms with Gasteiger partial charge in [0.2, 0.25) is 5.91 Å². The number of halogens is 1. The Balaban J connectivity index is 1.46. The van der Waals surface area contributed by atoms with Crippen LogP contribution in [0.4, 0.5) is 4.39 Å². The highest BCUT2D eigenvalue weighted by atomic mass is 32.2. The fourth-order valence-electron chi connectivity index (χ4n) is 3.42. The standard InChI is InChI=1S/C20H20FN3O2S2/c1-24(10-12-6-2-4-8-14(12)21)16(25)11-27-20-22-18(26)17-13-7-3-5-9-15(13)28-19(17)23-20/h2,4,6,8H,3,5,7,9-11H2,1H3,(H,22,23,26). The van der Waals surface area contributed by atoms with Crippen molar-refractivity contribution >= 4 is 39.2 Å². The number of nitrogens with one attached hydrogen (secondary N) is 1. The van der Waals surface area contributed by atoms with Crippen LogP contribution in [0.2, 0.25) is 0 Å². The number of amides is 1. The first-order chi connectivity index (χ1) is 13.5. The van der Waals surface area contributed by atoms with Crippen molar-refractivity contribution in [1.82, 2.24) is 14.9 Å². The molecule has 0 saturated heterocycles. The van der Waals surface area contributed by atoms with Gasteiger partial charge in [0, 0.05) is 24.0 Å². The monoisotopic (exact) mass is 417 g/mol. The Hall–Kier alpha value is -2.19. The molecule has 1 N–H and O–H groups in total. The summed E-state index contributed by atoms with van der Waals surface area (Å²) in [4.78, 5) is 35.8. The van der Waals surface area contributed by atoms with Gasteiger partial charge in [0.05, 0.1) is 11.1 Å². The molecule has 1 amide bonds. The van der Waals surface area contributed by atoms with Crippen LogP contribution in [0.5, 0.6) is 0 Å². The Labute approximate surface area is 170 Å². The van der Waals surface area contributed by atoms with Crippen molar-refractivity contribution in [2.45, 2.75) is 37.4 Å². The first kappa shape index (κ1) is 19.1. The number of fused-ring (bicyclic) bond motifs is 3. The lowest BCUT2D eigenvalue weighted by atomic mass is 9.97. The average molecular weight is 418 g/mol. The third kappa shape index (κ3) is 3.84. The molecule has 5 nitrogen and oxygen atoms in total. The van der Waals surface area contributed by atoms with E-state index in [1.807, 2.05) is 0 Å². The van der Waals surface area contributed by atoms with Crippen molar-refractivity contribution in [2.24, 2.45) is 0 Å². The molecule has 4 rings (SSSR count). The number of thiophene rings is 1. The van der Waals surface area contributed by atoms with E-state index < -0.39 is 0 Å². The van der Waals surface area contributed by atoms with Gasteiger partial charge in [0.15, 0.2) is 5.16 Å². The maximum Gasteiger partial charge on any atom is 0.260 e. The summed E-state index contributed by atoms with van der Waals surface area (Å²) in [5.74, 6) is -0.348. The van der Waals surface area contributed by atoms with Crippen molar-refractivity contribution in [1.29, 1.82) is 0 Å². The van der Waals surface area contributed by atoms with E-state index in [1.165, 1.54) is 27.6 Å². The molecular formula is C20H20FN3O2S2. The number of aromatic amines is 1. The SMILES string of the molecule is CN(Cc1ccccc1F)C(=O)CSc1nc2sc3c(c2c(=O)[nH]1)CCCC3. The fraction of sp³-hybridized carbons (Fsp3) is 0.350. The second-order valence-electron chi connectivity index (χ2n) is 6.89. The first-order valence-electron chi connectivity index (χ1n) is 9.17. The summed E-state index contributed by atoms with van der Waals surface area (Å²) in [6, 6.07) is 6.41. The lowest BCUT2D eigenvalue weighted by molar-refractivity contribution is -0.127. The van der Waals surface area contributed by atoms with Crippen LogP contribution < -0.4 is 5.56 Å². The molecule has 146 valence electrons. The minimum atomic E-state index is -0.326. The van der Waals surface area contributed by atoms with E-state index in [-0.39, 0.29) is 29.6 Å². The summed E-state index contributed by atoms with van der Waals surface area (Å²) >= 11 is 2.79. The Bertz CT molecular complexity index is 1090. The lowest BCUT2D eigenvalue weighted by Gasteiger charge is -2.17. The topological polar surface area (TPSA) is 66.1 Å². The zero-order chi connectivity index (χ0) is 19.7. The van der Waals surface area contributed by atoms with Crippen LogP contribution in [-0.4, -0.2) is 33.6 Å². The molecule has 0 aliphatic heterocycles. The number of aryl methyl sites for hydroxylation is 2. The largest absolute Gasteiger partial charge is 0.341 e. The molecule has 1 aliphatic rings. The average Bonchev–Trinajstić information content (AvgIpc) is 3.06. The molecular weight excluding hydrogens is 397 g/mol. The van der Waals surface area contributed by atoms with Crippen LogP contribution in [-0.2, 0) is 24.2 Å². The molecule has 0 fully saturated rings. The number of hydrogen-bond donors (Lipinski definition) is 1. The zero-order valence-corrected chi connectivity index (χ0v) is 17.1. The minimum absolute atomic E-state index is 0.126. The summed E-state index contributed by atoms with van der Waals surface area (Å²) in [6.07, 6.45) is 4.21. The van der Waals surface area contributed by atoms with E-state index in [4.69, 9.17) is 0 Å². The Morgan fingerprint density at radius 1 is 1.32 bits per heavy atom. The molecule has 2 heterocycles. The van der Waals surface area contributed by atoms with E-state index >= 15 is 0 Å². The highest BCUT2D eigenvalue weighted by molar-refractivity contribution is 7.99. The van der Waals surface area contributed by atoms with Gasteiger partial charge in [0.1, 0.15) is 10.6 Å². The molecule has 0 spiro atoms. The molecule has 28 heavy (non-hydrogen) atoms. The smallest absolute Gasteiger partial charge is 0.260 e. The van der Waals surface area contributed by atoms with Crippen LogP contribution in [0.1, 0.15) is 28.8 Å². The number of thioether (sulfide) groups is 1. The predicted octanol–water partition coefficient (Wildman–Crippen LogP) is 3.75. The van der Waals surface area contributed by atoms with Gasteiger partial charge in [-0.05, 0) is 37.3 Å². The van der Waals surface area contributed by atoms with Crippen molar-refractivity contribution in [3.8, 4) is 0 Å². The number of benzene rings is 1. The lowest BCUT2D eigenvalue weighted by Crippen LogP contribution is -2.28. The molecule has 8 heteroatoms. The van der Waals surface area contributed by atoms with Gasteiger partial charge in [-0.2, -0.15) is 0 Å². The molecule has 1 aliphatic carbocycles. The molecule has 0 bridgehead atoms. The van der Waals surface area contributed by atoms with Crippen LogP contribution in [0.25, 0.3) is 10.2 Å². The van der Waals surface area contributed by atoms with Gasteiger partial charge >= 0.3 is 0 Å². The van der Waals surface area contributed by atoms with E-state index in [0.29, 0.717) is 16.1 Å². The van der Waals surface area contributed by atoms with Crippen LogP contribution >= 0.6 is 23.1 Å². The fourth-order valence-corrected chi connectivity index (χ4v) is 5.54. The highest BCUT2D eigenvalue weighted by Crippen LogP contribution is 2.34. The number of H-pyrrole nitrogens is 1. The number of aromatic nitrogens is 2. The summed E-state index contributed by atoms with van der Waals surface area (Å²) in [5, 5.41) is 1.16. The summed E-state index contributed by atoms with van der Waals surface area (Å²) in [7, 11) is 1.64. The highest BCUT2D eigenvalue weighted by Gasteiger charge is 2.20. The Morgan fingerprint density at radius 3 is 2.93 bits per heavy atom. The molecule has 2 aromatic heterocycles. The van der Waals surface area contributed by atoms with E-state index in [1.54, 1.807) is 36.6 Å². The molecule has 0 saturated carbocycles. The zero-order valence-electron chi connectivity index (χ0n) is 15.5. The second-order valence-corrected chi connectivity index (χ2v) is 8.94. The van der Waals surface area contributed by atoms with Gasteiger partial charge in [0.25, 0.3) is 5.56 Å². The number of nitrogens with zero attached hydrogens (tertiary/aromatic N) is 2. The van der Waals surface area contributed by atoms with Crippen LogP contribution in [0.3, 0.4) is 0 Å². The Kier molecular flexibility index (Phi) is 5.50. The summed E-state index contributed by atoms with van der Waals surface area (Å²) in [5.41, 5.74) is 1.50. The third-order valence-corrected chi connectivity index (χ3v) is 6.97. The van der Waals surface area contributed by atoms with Gasteiger partial charge < -0.3 is 9.88 Å². The normalized spacial score (nSPS) is 13.5. The molecule has 1 aromatic carbocycles. The van der Waals surface area contributed by atoms with Gasteiger partial charge in [-0.1, -0.05) is 30.0 Å². The predicted molar refractivity (Wildman–Crippen MR) is 110 cm³/mol. The first-order valence-corrected chi connectivity index (χ1v) is 11.0. The van der Waals surface area contributed by atoms with E-state index in [9.17, 15) is 14.0 Å².